The van der Waals surface area contributed by atoms with Gasteiger partial charge < -0.3 is 15.0 Å². The predicted molar refractivity (Wildman–Crippen MR) is 116 cm³/mol. The normalized spacial score (nSPS) is 14.8. The molecule has 1 fully saturated rings. The average Bonchev–Trinajstić information content (AvgIpc) is 2.72. The molecule has 6 nitrogen and oxygen atoms in total. The molecule has 150 valence electrons. The van der Waals surface area contributed by atoms with Crippen LogP contribution in [0.3, 0.4) is 0 Å². The molecule has 2 aromatic carbocycles. The van der Waals surface area contributed by atoms with E-state index in [9.17, 15) is 4.79 Å². The number of aromatic nitrogens is 2. The van der Waals surface area contributed by atoms with Crippen molar-refractivity contribution >= 4 is 28.4 Å². The molecule has 1 aromatic heterocycles. The van der Waals surface area contributed by atoms with Crippen molar-refractivity contribution in [2.75, 3.05) is 30.4 Å². The molecule has 6 heteroatoms. The number of amides is 1. The smallest absolute Gasteiger partial charge is 0.257 e. The quantitative estimate of drug-likeness (QED) is 0.726. The number of methoxy groups -OCH3 is 1. The first-order valence-corrected chi connectivity index (χ1v) is 9.98. The average molecular weight is 390 g/mol. The van der Waals surface area contributed by atoms with Crippen molar-refractivity contribution < 1.29 is 9.53 Å². The second-order valence-electron chi connectivity index (χ2n) is 7.67. The molecular weight excluding hydrogens is 364 g/mol. The van der Waals surface area contributed by atoms with Crippen LogP contribution in [0, 0.1) is 19.8 Å². The standard InChI is InChI=1S/C23H26N4O2/c1-15-12-16(2)14-18(13-15)24-22(28)17-8-10-27(11-9-17)21-23(29-3)26-20-7-5-4-6-19(20)25-21/h4-7,12-14,17H,8-11H2,1-3H3,(H,24,28). The van der Waals surface area contributed by atoms with E-state index in [1.807, 2.05) is 50.2 Å². The number of fused-ring (bicyclic) bond motifs is 1. The largest absolute Gasteiger partial charge is 0.478 e. The van der Waals surface area contributed by atoms with Crippen LogP contribution in [-0.4, -0.2) is 36.1 Å². The highest BCUT2D eigenvalue weighted by Crippen LogP contribution is 2.30. The number of para-hydroxylation sites is 2. The van der Waals surface area contributed by atoms with Crippen LogP contribution in [0.4, 0.5) is 11.5 Å². The summed E-state index contributed by atoms with van der Waals surface area (Å²) in [6.07, 6.45) is 1.54. The van der Waals surface area contributed by atoms with Gasteiger partial charge >= 0.3 is 0 Å². The number of nitrogens with zero attached hydrogens (tertiary/aromatic N) is 3. The molecule has 1 saturated heterocycles. The van der Waals surface area contributed by atoms with E-state index in [0.717, 1.165) is 59.6 Å². The molecule has 29 heavy (non-hydrogen) atoms. The Balaban J connectivity index is 1.45. The highest BCUT2D eigenvalue weighted by atomic mass is 16.5. The lowest BCUT2D eigenvalue weighted by atomic mass is 9.95. The van der Waals surface area contributed by atoms with E-state index in [2.05, 4.69) is 21.3 Å². The molecule has 2 heterocycles. The number of rotatable bonds is 4. The fraction of sp³-hybridized carbons (Fsp3) is 0.348. The van der Waals surface area contributed by atoms with Crippen LogP contribution in [0.2, 0.25) is 0 Å². The van der Waals surface area contributed by atoms with E-state index in [4.69, 9.17) is 9.72 Å². The second-order valence-corrected chi connectivity index (χ2v) is 7.67. The van der Waals surface area contributed by atoms with Crippen LogP contribution in [0.5, 0.6) is 5.88 Å². The maximum atomic E-state index is 12.7. The third-order valence-electron chi connectivity index (χ3n) is 5.37. The zero-order chi connectivity index (χ0) is 20.4. The van der Waals surface area contributed by atoms with Crippen molar-refractivity contribution in [1.82, 2.24) is 9.97 Å². The number of hydrogen-bond donors (Lipinski definition) is 1. The van der Waals surface area contributed by atoms with Crippen LogP contribution in [0.1, 0.15) is 24.0 Å². The molecule has 0 spiro atoms. The number of nitrogens with one attached hydrogen (secondary N) is 1. The van der Waals surface area contributed by atoms with Gasteiger partial charge in [-0.15, -0.1) is 0 Å². The van der Waals surface area contributed by atoms with E-state index < -0.39 is 0 Å². The predicted octanol–water partition coefficient (Wildman–Crippen LogP) is 4.11. The summed E-state index contributed by atoms with van der Waals surface area (Å²) in [5.74, 6) is 1.36. The first-order chi connectivity index (χ1) is 14.0. The highest BCUT2D eigenvalue weighted by Gasteiger charge is 2.28. The molecule has 4 rings (SSSR count). The minimum absolute atomic E-state index is 0.00789. The maximum absolute atomic E-state index is 12.7. The number of benzene rings is 2. The lowest BCUT2D eigenvalue weighted by Gasteiger charge is -2.32. The van der Waals surface area contributed by atoms with Gasteiger partial charge in [0.15, 0.2) is 5.82 Å². The highest BCUT2D eigenvalue weighted by molar-refractivity contribution is 5.93. The Morgan fingerprint density at radius 2 is 1.66 bits per heavy atom. The van der Waals surface area contributed by atoms with Crippen molar-refractivity contribution in [3.63, 3.8) is 0 Å². The molecule has 1 aliphatic rings. The third kappa shape index (κ3) is 4.16. The maximum Gasteiger partial charge on any atom is 0.257 e. The topological polar surface area (TPSA) is 67.4 Å². The van der Waals surface area contributed by atoms with Gasteiger partial charge in [0.2, 0.25) is 5.91 Å². The lowest BCUT2D eigenvalue weighted by molar-refractivity contribution is -0.120. The molecule has 0 atom stereocenters. The Hall–Kier alpha value is -3.15. The van der Waals surface area contributed by atoms with Gasteiger partial charge in [-0.25, -0.2) is 9.97 Å². The monoisotopic (exact) mass is 390 g/mol. The summed E-state index contributed by atoms with van der Waals surface area (Å²) < 4.78 is 5.49. The molecule has 1 N–H and O–H groups in total. The minimum atomic E-state index is -0.00789. The summed E-state index contributed by atoms with van der Waals surface area (Å²) in [4.78, 5) is 24.3. The molecule has 0 unspecified atom stereocenters. The van der Waals surface area contributed by atoms with Gasteiger partial charge in [0.1, 0.15) is 0 Å². The number of piperidine rings is 1. The van der Waals surface area contributed by atoms with Crippen molar-refractivity contribution in [3.8, 4) is 5.88 Å². The van der Waals surface area contributed by atoms with Crippen LogP contribution in [-0.2, 0) is 4.79 Å². The zero-order valence-corrected chi connectivity index (χ0v) is 17.1. The Morgan fingerprint density at radius 1 is 1.03 bits per heavy atom. The SMILES string of the molecule is COc1nc2ccccc2nc1N1CCC(C(=O)Nc2cc(C)cc(C)c2)CC1. The van der Waals surface area contributed by atoms with E-state index in [0.29, 0.717) is 5.88 Å². The lowest BCUT2D eigenvalue weighted by Crippen LogP contribution is -2.38. The van der Waals surface area contributed by atoms with Gasteiger partial charge in [-0.3, -0.25) is 4.79 Å². The Morgan fingerprint density at radius 3 is 2.28 bits per heavy atom. The van der Waals surface area contributed by atoms with Gasteiger partial charge in [0.25, 0.3) is 5.88 Å². The number of anilines is 2. The Labute approximate surface area is 170 Å². The van der Waals surface area contributed by atoms with Crippen LogP contribution in [0.25, 0.3) is 11.0 Å². The van der Waals surface area contributed by atoms with Gasteiger partial charge in [-0.2, -0.15) is 0 Å². The molecular formula is C23H26N4O2. The first-order valence-electron chi connectivity index (χ1n) is 9.98. The molecule has 0 aliphatic carbocycles. The van der Waals surface area contributed by atoms with Gasteiger partial charge in [0.05, 0.1) is 18.1 Å². The number of carbonyl (C=O) groups excluding carboxylic acids is 1. The van der Waals surface area contributed by atoms with Crippen molar-refractivity contribution in [1.29, 1.82) is 0 Å². The third-order valence-corrected chi connectivity index (χ3v) is 5.37. The molecule has 1 amide bonds. The Kier molecular flexibility index (Phi) is 5.34. The molecule has 0 saturated carbocycles. The van der Waals surface area contributed by atoms with E-state index in [1.54, 1.807) is 7.11 Å². The summed E-state index contributed by atoms with van der Waals surface area (Å²) in [5.41, 5.74) is 4.83. The summed E-state index contributed by atoms with van der Waals surface area (Å²) in [6.45, 7) is 5.57. The fourth-order valence-corrected chi connectivity index (χ4v) is 3.96. The first kappa shape index (κ1) is 19.2. The minimum Gasteiger partial charge on any atom is -0.478 e. The van der Waals surface area contributed by atoms with Crippen molar-refractivity contribution in [2.45, 2.75) is 26.7 Å². The summed E-state index contributed by atoms with van der Waals surface area (Å²) >= 11 is 0. The number of aryl methyl sites for hydroxylation is 2. The Bertz CT molecular complexity index is 1020. The van der Waals surface area contributed by atoms with Gasteiger partial charge in [-0.1, -0.05) is 18.2 Å². The van der Waals surface area contributed by atoms with E-state index in [-0.39, 0.29) is 11.8 Å². The molecule has 3 aromatic rings. The van der Waals surface area contributed by atoms with E-state index >= 15 is 0 Å². The van der Waals surface area contributed by atoms with E-state index in [1.165, 1.54) is 0 Å². The fourth-order valence-electron chi connectivity index (χ4n) is 3.96. The van der Waals surface area contributed by atoms with Gasteiger partial charge in [0, 0.05) is 24.7 Å². The number of hydrogen-bond acceptors (Lipinski definition) is 5. The van der Waals surface area contributed by atoms with Crippen LogP contribution in [0.15, 0.2) is 42.5 Å². The summed E-state index contributed by atoms with van der Waals surface area (Å²) in [6, 6.07) is 13.9. The van der Waals surface area contributed by atoms with Crippen LogP contribution >= 0.6 is 0 Å². The van der Waals surface area contributed by atoms with Gasteiger partial charge in [-0.05, 0) is 62.1 Å². The van der Waals surface area contributed by atoms with Crippen molar-refractivity contribution in [2.24, 2.45) is 5.92 Å². The number of ether oxygens (including phenoxy) is 1. The van der Waals surface area contributed by atoms with Crippen molar-refractivity contribution in [3.05, 3.63) is 53.6 Å². The number of carbonyl (C=O) groups is 1. The molecule has 0 bridgehead atoms. The zero-order valence-electron chi connectivity index (χ0n) is 17.1. The van der Waals surface area contributed by atoms with Crippen LogP contribution < -0.4 is 15.0 Å². The molecule has 0 radical (unpaired) electrons. The summed E-state index contributed by atoms with van der Waals surface area (Å²) in [5, 5.41) is 3.08. The molecule has 1 aliphatic heterocycles. The second kappa shape index (κ2) is 8.07. The summed E-state index contributed by atoms with van der Waals surface area (Å²) in [7, 11) is 1.62.